The average Bonchev–Trinajstić information content (AvgIpc) is 2.92. The number of nitrogens with one attached hydrogen (secondary N) is 1. The summed E-state index contributed by atoms with van der Waals surface area (Å²) in [5, 5.41) is 3.07. The molecule has 0 bridgehead atoms. The number of benzene rings is 1. The van der Waals surface area contributed by atoms with E-state index in [1.807, 2.05) is 13.8 Å². The Balaban J connectivity index is 0.00000338. The van der Waals surface area contributed by atoms with Crippen molar-refractivity contribution in [3.63, 3.8) is 0 Å². The molecule has 3 N–H and O–H groups in total. The van der Waals surface area contributed by atoms with E-state index in [2.05, 4.69) is 34.5 Å². The van der Waals surface area contributed by atoms with Gasteiger partial charge in [0.1, 0.15) is 0 Å². The van der Waals surface area contributed by atoms with Gasteiger partial charge >= 0.3 is 0 Å². The number of rotatable bonds is 8. The van der Waals surface area contributed by atoms with Gasteiger partial charge in [0.05, 0.1) is 5.41 Å². The first-order chi connectivity index (χ1) is 12.1. The van der Waals surface area contributed by atoms with Crippen LogP contribution in [0.4, 0.5) is 0 Å². The number of carbonyl (C=O) groups excluding carboxylic acids is 1. The van der Waals surface area contributed by atoms with E-state index < -0.39 is 5.41 Å². The molecule has 0 spiro atoms. The average molecular weight is 418 g/mol. The maximum Gasteiger partial charge on any atom is 0.227 e. The Morgan fingerprint density at radius 1 is 1.00 bits per heavy atom. The highest BCUT2D eigenvalue weighted by Gasteiger charge is 2.32. The predicted octanol–water partition coefficient (Wildman–Crippen LogP) is 4.29. The Bertz CT molecular complexity index is 516. The molecule has 27 heavy (non-hydrogen) atoms. The molecule has 156 valence electrons. The zero-order valence-electron chi connectivity index (χ0n) is 16.8. The van der Waals surface area contributed by atoms with Crippen molar-refractivity contribution in [1.29, 1.82) is 0 Å². The number of nitrogens with two attached hydrogens (primary N) is 1. The van der Waals surface area contributed by atoms with Crippen molar-refractivity contribution in [3.05, 3.63) is 35.4 Å². The number of halogens is 2. The van der Waals surface area contributed by atoms with Crippen LogP contribution in [0.1, 0.15) is 63.5 Å². The van der Waals surface area contributed by atoms with E-state index in [1.165, 1.54) is 44.3 Å². The van der Waals surface area contributed by atoms with Crippen LogP contribution in [0.2, 0.25) is 0 Å². The Morgan fingerprint density at radius 3 is 2.00 bits per heavy atom. The molecule has 0 atom stereocenters. The quantitative estimate of drug-likeness (QED) is 0.662. The zero-order chi connectivity index (χ0) is 18.1. The summed E-state index contributed by atoms with van der Waals surface area (Å²) >= 11 is 0. The van der Waals surface area contributed by atoms with Gasteiger partial charge in [-0.25, -0.2) is 0 Å². The zero-order valence-corrected chi connectivity index (χ0v) is 18.5. The van der Waals surface area contributed by atoms with Crippen LogP contribution in [0, 0.1) is 5.41 Å². The molecule has 1 aromatic rings. The molecule has 0 saturated carbocycles. The van der Waals surface area contributed by atoms with Gasteiger partial charge in [0, 0.05) is 19.6 Å². The molecule has 6 heteroatoms. The van der Waals surface area contributed by atoms with Gasteiger partial charge in [-0.3, -0.25) is 9.69 Å². The summed E-state index contributed by atoms with van der Waals surface area (Å²) in [6.07, 6.45) is 6.94. The number of carbonyl (C=O) groups is 1. The van der Waals surface area contributed by atoms with Crippen LogP contribution in [-0.4, -0.2) is 30.4 Å². The summed E-state index contributed by atoms with van der Waals surface area (Å²) < 4.78 is 0. The van der Waals surface area contributed by atoms with E-state index >= 15 is 0 Å². The topological polar surface area (TPSA) is 58.4 Å². The first-order valence-electron chi connectivity index (χ1n) is 9.92. The fourth-order valence-corrected chi connectivity index (χ4v) is 3.64. The third kappa shape index (κ3) is 7.61. The van der Waals surface area contributed by atoms with Crippen molar-refractivity contribution in [3.8, 4) is 0 Å². The molecule has 0 unspecified atom stereocenters. The largest absolute Gasteiger partial charge is 0.352 e. The Kier molecular flexibility index (Phi) is 13.0. The minimum Gasteiger partial charge on any atom is -0.352 e. The monoisotopic (exact) mass is 417 g/mol. The van der Waals surface area contributed by atoms with Crippen molar-refractivity contribution in [2.45, 2.75) is 65.5 Å². The first kappa shape index (κ1) is 26.2. The maximum atomic E-state index is 12.5. The van der Waals surface area contributed by atoms with Crippen LogP contribution < -0.4 is 11.1 Å². The van der Waals surface area contributed by atoms with Crippen LogP contribution in [0.5, 0.6) is 0 Å². The molecule has 1 heterocycles. The van der Waals surface area contributed by atoms with E-state index in [-0.39, 0.29) is 30.7 Å². The van der Waals surface area contributed by atoms with Gasteiger partial charge in [0.15, 0.2) is 0 Å². The van der Waals surface area contributed by atoms with Gasteiger partial charge in [-0.2, -0.15) is 0 Å². The van der Waals surface area contributed by atoms with Crippen molar-refractivity contribution in [2.75, 3.05) is 19.6 Å². The number of hydrogen-bond donors (Lipinski definition) is 2. The number of hydrogen-bond acceptors (Lipinski definition) is 3. The third-order valence-electron chi connectivity index (χ3n) is 5.81. The van der Waals surface area contributed by atoms with Crippen LogP contribution in [0.15, 0.2) is 24.3 Å². The van der Waals surface area contributed by atoms with E-state index in [0.717, 1.165) is 24.9 Å². The summed E-state index contributed by atoms with van der Waals surface area (Å²) in [4.78, 5) is 15.1. The molecular weight excluding hydrogens is 381 g/mol. The molecule has 0 aliphatic carbocycles. The first-order valence-corrected chi connectivity index (χ1v) is 9.92. The summed E-state index contributed by atoms with van der Waals surface area (Å²) in [6.45, 7) is 8.51. The van der Waals surface area contributed by atoms with E-state index in [0.29, 0.717) is 13.1 Å². The lowest BCUT2D eigenvalue weighted by Crippen LogP contribution is -2.45. The van der Waals surface area contributed by atoms with Crippen molar-refractivity contribution in [1.82, 2.24) is 10.2 Å². The van der Waals surface area contributed by atoms with Crippen molar-refractivity contribution < 1.29 is 4.79 Å². The summed E-state index contributed by atoms with van der Waals surface area (Å²) in [7, 11) is 0. The lowest BCUT2D eigenvalue weighted by atomic mass is 9.81. The van der Waals surface area contributed by atoms with Crippen molar-refractivity contribution in [2.24, 2.45) is 11.1 Å². The molecule has 1 aromatic carbocycles. The van der Waals surface area contributed by atoms with Gasteiger partial charge in [-0.1, -0.05) is 51.0 Å². The summed E-state index contributed by atoms with van der Waals surface area (Å²) in [5.41, 5.74) is 7.93. The standard InChI is InChI=1S/C21H35N3O.2ClH/c1-3-21(4-2,17-22)20(25)23-15-18-9-11-19(12-10-18)16-24-13-7-5-6-8-14-24;;/h9-12H,3-8,13-17,22H2,1-2H3,(H,23,25);2*1H. The molecule has 1 aliphatic rings. The molecule has 1 saturated heterocycles. The van der Waals surface area contributed by atoms with Gasteiger partial charge in [-0.15, -0.1) is 24.8 Å². The predicted molar refractivity (Wildman–Crippen MR) is 119 cm³/mol. The minimum atomic E-state index is -0.424. The third-order valence-corrected chi connectivity index (χ3v) is 5.81. The van der Waals surface area contributed by atoms with Gasteiger partial charge in [0.2, 0.25) is 5.91 Å². The fourth-order valence-electron chi connectivity index (χ4n) is 3.64. The molecule has 1 aliphatic heterocycles. The second-order valence-electron chi connectivity index (χ2n) is 7.38. The fraction of sp³-hybridized carbons (Fsp3) is 0.667. The molecule has 2 rings (SSSR count). The Morgan fingerprint density at radius 2 is 1.52 bits per heavy atom. The highest BCUT2D eigenvalue weighted by atomic mass is 35.5. The van der Waals surface area contributed by atoms with Gasteiger partial charge < -0.3 is 11.1 Å². The highest BCUT2D eigenvalue weighted by molar-refractivity contribution is 5.85. The number of likely N-dealkylation sites (tertiary alicyclic amines) is 1. The second kappa shape index (κ2) is 13.4. The summed E-state index contributed by atoms with van der Waals surface area (Å²) in [6, 6.07) is 8.66. The number of amides is 1. The van der Waals surface area contributed by atoms with E-state index in [1.54, 1.807) is 0 Å². The SMILES string of the molecule is CCC(CC)(CN)C(=O)NCc1ccc(CN2CCCCCC2)cc1.Cl.Cl. The van der Waals surface area contributed by atoms with Crippen LogP contribution in [0.25, 0.3) is 0 Å². The van der Waals surface area contributed by atoms with E-state index in [4.69, 9.17) is 5.73 Å². The lowest BCUT2D eigenvalue weighted by Gasteiger charge is -2.28. The van der Waals surface area contributed by atoms with Crippen LogP contribution >= 0.6 is 24.8 Å². The maximum absolute atomic E-state index is 12.5. The van der Waals surface area contributed by atoms with Crippen molar-refractivity contribution >= 4 is 30.7 Å². The Labute approximate surface area is 177 Å². The van der Waals surface area contributed by atoms with Gasteiger partial charge in [0.25, 0.3) is 0 Å². The number of nitrogens with zero attached hydrogens (tertiary/aromatic N) is 1. The summed E-state index contributed by atoms with van der Waals surface area (Å²) in [5.74, 6) is 0.0774. The Hall–Kier alpha value is -0.810. The normalized spacial score (nSPS) is 15.2. The molecule has 1 amide bonds. The molecule has 0 radical (unpaired) electrons. The molecule has 0 aromatic heterocycles. The van der Waals surface area contributed by atoms with Gasteiger partial charge in [-0.05, 0) is 49.9 Å². The van der Waals surface area contributed by atoms with Crippen LogP contribution in [-0.2, 0) is 17.9 Å². The minimum absolute atomic E-state index is 0. The van der Waals surface area contributed by atoms with Crippen LogP contribution in [0.3, 0.4) is 0 Å². The molecule has 4 nitrogen and oxygen atoms in total. The second-order valence-corrected chi connectivity index (χ2v) is 7.38. The lowest BCUT2D eigenvalue weighted by molar-refractivity contribution is -0.131. The molecular formula is C21H37Cl2N3O. The smallest absolute Gasteiger partial charge is 0.227 e. The molecule has 1 fully saturated rings. The van der Waals surface area contributed by atoms with E-state index in [9.17, 15) is 4.79 Å². The highest BCUT2D eigenvalue weighted by Crippen LogP contribution is 2.25.